The predicted octanol–water partition coefficient (Wildman–Crippen LogP) is 3.38. The summed E-state index contributed by atoms with van der Waals surface area (Å²) in [4.78, 5) is 0. The SMILES string of the molecule is CCCn1cc(-c2cc(C(C)NC)ccc2F)cn1. The Bertz CT molecular complexity index is 548. The van der Waals surface area contributed by atoms with E-state index < -0.39 is 0 Å². The predicted molar refractivity (Wildman–Crippen MR) is 75.4 cm³/mol. The number of nitrogens with zero attached hydrogens (tertiary/aromatic N) is 2. The van der Waals surface area contributed by atoms with Crippen molar-refractivity contribution in [3.8, 4) is 11.1 Å². The van der Waals surface area contributed by atoms with E-state index in [1.165, 1.54) is 6.07 Å². The van der Waals surface area contributed by atoms with Crippen LogP contribution >= 0.6 is 0 Å². The Labute approximate surface area is 113 Å². The number of hydrogen-bond donors (Lipinski definition) is 1. The summed E-state index contributed by atoms with van der Waals surface area (Å²) in [5.41, 5.74) is 2.51. The van der Waals surface area contributed by atoms with Crippen molar-refractivity contribution in [2.45, 2.75) is 32.9 Å². The first-order valence-electron chi connectivity index (χ1n) is 6.65. The van der Waals surface area contributed by atoms with E-state index in [1.54, 1.807) is 6.20 Å². The van der Waals surface area contributed by atoms with Gasteiger partial charge in [0.1, 0.15) is 5.82 Å². The molecule has 1 atom stereocenters. The van der Waals surface area contributed by atoms with E-state index >= 15 is 0 Å². The van der Waals surface area contributed by atoms with Crippen molar-refractivity contribution >= 4 is 0 Å². The second-order valence-electron chi connectivity index (χ2n) is 4.74. The standard InChI is InChI=1S/C15H20FN3/c1-4-7-19-10-13(9-18-19)14-8-12(11(2)17-3)5-6-15(14)16/h5-6,8-11,17H,4,7H2,1-3H3. The zero-order chi connectivity index (χ0) is 13.8. The summed E-state index contributed by atoms with van der Waals surface area (Å²) in [5.74, 6) is -0.205. The van der Waals surface area contributed by atoms with Crippen molar-refractivity contribution < 1.29 is 4.39 Å². The van der Waals surface area contributed by atoms with Gasteiger partial charge in [-0.2, -0.15) is 5.10 Å². The van der Waals surface area contributed by atoms with Gasteiger partial charge >= 0.3 is 0 Å². The smallest absolute Gasteiger partial charge is 0.131 e. The fraction of sp³-hybridized carbons (Fsp3) is 0.400. The van der Waals surface area contributed by atoms with Crippen molar-refractivity contribution in [3.63, 3.8) is 0 Å². The lowest BCUT2D eigenvalue weighted by Gasteiger charge is -2.12. The van der Waals surface area contributed by atoms with Gasteiger partial charge in [0.15, 0.2) is 0 Å². The molecular formula is C15H20FN3. The molecule has 1 unspecified atom stereocenters. The van der Waals surface area contributed by atoms with Crippen LogP contribution in [-0.2, 0) is 6.54 Å². The highest BCUT2D eigenvalue weighted by Crippen LogP contribution is 2.26. The van der Waals surface area contributed by atoms with Crippen LogP contribution in [0.2, 0.25) is 0 Å². The third-order valence-corrected chi connectivity index (χ3v) is 3.32. The Hall–Kier alpha value is -1.68. The molecule has 2 aromatic rings. The van der Waals surface area contributed by atoms with Crippen molar-refractivity contribution in [1.29, 1.82) is 0 Å². The van der Waals surface area contributed by atoms with Gasteiger partial charge in [-0.3, -0.25) is 4.68 Å². The van der Waals surface area contributed by atoms with Crippen LogP contribution in [0.5, 0.6) is 0 Å². The number of aromatic nitrogens is 2. The van der Waals surface area contributed by atoms with Gasteiger partial charge in [-0.25, -0.2) is 4.39 Å². The maximum Gasteiger partial charge on any atom is 0.131 e. The molecule has 0 saturated heterocycles. The van der Waals surface area contributed by atoms with Crippen LogP contribution in [0, 0.1) is 5.82 Å². The second kappa shape index (κ2) is 5.97. The summed E-state index contributed by atoms with van der Waals surface area (Å²) >= 11 is 0. The summed E-state index contributed by atoms with van der Waals surface area (Å²) in [6, 6.07) is 5.43. The van der Waals surface area contributed by atoms with Crippen molar-refractivity contribution in [2.24, 2.45) is 0 Å². The molecule has 1 aromatic carbocycles. The first kappa shape index (κ1) is 13.7. The van der Waals surface area contributed by atoms with Gasteiger partial charge in [-0.15, -0.1) is 0 Å². The van der Waals surface area contributed by atoms with E-state index in [0.717, 1.165) is 24.1 Å². The number of nitrogens with one attached hydrogen (secondary N) is 1. The molecule has 0 bridgehead atoms. The monoisotopic (exact) mass is 261 g/mol. The zero-order valence-corrected chi connectivity index (χ0v) is 11.7. The quantitative estimate of drug-likeness (QED) is 0.894. The van der Waals surface area contributed by atoms with Crippen LogP contribution in [0.4, 0.5) is 4.39 Å². The number of hydrogen-bond acceptors (Lipinski definition) is 2. The highest BCUT2D eigenvalue weighted by Gasteiger charge is 2.11. The number of rotatable bonds is 5. The maximum absolute atomic E-state index is 14.0. The Morgan fingerprint density at radius 1 is 1.42 bits per heavy atom. The maximum atomic E-state index is 14.0. The molecule has 0 spiro atoms. The summed E-state index contributed by atoms with van der Waals surface area (Å²) in [5, 5.41) is 7.41. The third kappa shape index (κ3) is 3.01. The minimum atomic E-state index is -0.205. The molecule has 102 valence electrons. The van der Waals surface area contributed by atoms with Gasteiger partial charge in [-0.1, -0.05) is 13.0 Å². The van der Waals surface area contributed by atoms with E-state index in [0.29, 0.717) is 5.56 Å². The fourth-order valence-electron chi connectivity index (χ4n) is 2.05. The van der Waals surface area contributed by atoms with E-state index in [9.17, 15) is 4.39 Å². The Balaban J connectivity index is 2.36. The van der Waals surface area contributed by atoms with Crippen LogP contribution in [0.25, 0.3) is 11.1 Å². The molecule has 4 heteroatoms. The normalized spacial score (nSPS) is 12.6. The van der Waals surface area contributed by atoms with E-state index in [2.05, 4.69) is 24.3 Å². The molecule has 0 aliphatic heterocycles. The second-order valence-corrected chi connectivity index (χ2v) is 4.74. The molecule has 3 nitrogen and oxygen atoms in total. The first-order valence-corrected chi connectivity index (χ1v) is 6.65. The van der Waals surface area contributed by atoms with E-state index in [-0.39, 0.29) is 11.9 Å². The van der Waals surface area contributed by atoms with Gasteiger partial charge in [0.05, 0.1) is 6.20 Å². The highest BCUT2D eigenvalue weighted by atomic mass is 19.1. The molecule has 0 radical (unpaired) electrons. The van der Waals surface area contributed by atoms with Crippen molar-refractivity contribution in [1.82, 2.24) is 15.1 Å². The molecule has 0 fully saturated rings. The Morgan fingerprint density at radius 3 is 2.89 bits per heavy atom. The minimum Gasteiger partial charge on any atom is -0.313 e. The Kier molecular flexibility index (Phi) is 4.32. The van der Waals surface area contributed by atoms with Gasteiger partial charge < -0.3 is 5.32 Å². The molecule has 1 aromatic heterocycles. The average molecular weight is 261 g/mol. The highest BCUT2D eigenvalue weighted by molar-refractivity contribution is 5.63. The molecule has 1 N–H and O–H groups in total. The number of benzene rings is 1. The van der Waals surface area contributed by atoms with Gasteiger partial charge in [0.2, 0.25) is 0 Å². The van der Waals surface area contributed by atoms with Crippen LogP contribution < -0.4 is 5.32 Å². The van der Waals surface area contributed by atoms with Gasteiger partial charge in [-0.05, 0) is 38.1 Å². The van der Waals surface area contributed by atoms with Crippen molar-refractivity contribution in [2.75, 3.05) is 7.05 Å². The molecular weight excluding hydrogens is 241 g/mol. The van der Waals surface area contributed by atoms with Crippen molar-refractivity contribution in [3.05, 3.63) is 42.0 Å². The largest absolute Gasteiger partial charge is 0.313 e. The average Bonchev–Trinajstić information content (AvgIpc) is 2.87. The molecule has 0 saturated carbocycles. The molecule has 0 aliphatic carbocycles. The number of aryl methyl sites for hydroxylation is 1. The van der Waals surface area contributed by atoms with Gasteiger partial charge in [0.25, 0.3) is 0 Å². The summed E-state index contributed by atoms with van der Waals surface area (Å²) in [6.45, 7) is 5.00. The van der Waals surface area contributed by atoms with Crippen LogP contribution in [0.3, 0.4) is 0 Å². The van der Waals surface area contributed by atoms with Crippen LogP contribution in [0.15, 0.2) is 30.6 Å². The van der Waals surface area contributed by atoms with Crippen LogP contribution in [-0.4, -0.2) is 16.8 Å². The fourth-order valence-corrected chi connectivity index (χ4v) is 2.05. The summed E-state index contributed by atoms with van der Waals surface area (Å²) < 4.78 is 15.8. The number of halogens is 1. The molecule has 1 heterocycles. The lowest BCUT2D eigenvalue weighted by atomic mass is 10.0. The molecule has 19 heavy (non-hydrogen) atoms. The molecule has 2 rings (SSSR count). The van der Waals surface area contributed by atoms with Gasteiger partial charge in [0, 0.05) is 29.9 Å². The minimum absolute atomic E-state index is 0.199. The van der Waals surface area contributed by atoms with E-state index in [4.69, 9.17) is 0 Å². The summed E-state index contributed by atoms with van der Waals surface area (Å²) in [6.07, 6.45) is 4.64. The molecule has 0 amide bonds. The summed E-state index contributed by atoms with van der Waals surface area (Å²) in [7, 11) is 1.90. The Morgan fingerprint density at radius 2 is 2.21 bits per heavy atom. The lowest BCUT2D eigenvalue weighted by molar-refractivity contribution is 0.602. The lowest BCUT2D eigenvalue weighted by Crippen LogP contribution is -2.12. The van der Waals surface area contributed by atoms with E-state index in [1.807, 2.05) is 30.1 Å². The first-order chi connectivity index (χ1) is 9.15. The molecule has 0 aliphatic rings. The zero-order valence-electron chi connectivity index (χ0n) is 11.7. The third-order valence-electron chi connectivity index (χ3n) is 3.32. The topological polar surface area (TPSA) is 29.9 Å². The van der Waals surface area contributed by atoms with Crippen LogP contribution in [0.1, 0.15) is 31.9 Å².